The Bertz CT molecular complexity index is 223. The number of carbonyl (C=O) groups excluding carboxylic acids is 1. The summed E-state index contributed by atoms with van der Waals surface area (Å²) in [5.41, 5.74) is 0.729. The van der Waals surface area contributed by atoms with Crippen LogP contribution in [0, 0.1) is 0 Å². The molecule has 0 aliphatic carbocycles. The van der Waals surface area contributed by atoms with Crippen LogP contribution in [-0.4, -0.2) is 31.1 Å². The normalized spacial score (nSPS) is 8.00. The molecule has 0 fully saturated rings. The van der Waals surface area contributed by atoms with E-state index in [4.69, 9.17) is 5.11 Å². The number of hydrogen-bond acceptors (Lipinski definition) is 3. The summed E-state index contributed by atoms with van der Waals surface area (Å²) in [6.07, 6.45) is 0.833. The third-order valence-corrected chi connectivity index (χ3v) is 1.44. The second-order valence-corrected chi connectivity index (χ2v) is 2.80. The number of aldehydes is 1. The summed E-state index contributed by atoms with van der Waals surface area (Å²) in [6, 6.07) is 9.10. The van der Waals surface area contributed by atoms with Crippen LogP contribution in [0.15, 0.2) is 30.3 Å². The smallest absolute Gasteiger partial charge is 0.150 e. The number of nitrogens with one attached hydrogen (secondary N) is 1. The van der Waals surface area contributed by atoms with Gasteiger partial charge in [0.05, 0.1) is 0 Å². The molecule has 1 aromatic rings. The lowest BCUT2D eigenvalue weighted by Gasteiger charge is -1.86. The second kappa shape index (κ2) is 16.2. The molecular formula is C13H23NO2. The first-order valence-electron chi connectivity index (χ1n) is 5.58. The molecule has 3 nitrogen and oxygen atoms in total. The van der Waals surface area contributed by atoms with Crippen molar-refractivity contribution in [2.45, 2.75) is 20.8 Å². The van der Waals surface area contributed by atoms with Gasteiger partial charge in [-0.3, -0.25) is 4.79 Å². The molecular weight excluding hydrogens is 202 g/mol. The average molecular weight is 225 g/mol. The van der Waals surface area contributed by atoms with Crippen LogP contribution < -0.4 is 5.32 Å². The molecule has 0 aliphatic rings. The largest absolute Gasteiger partial charge is 0.397 e. The fourth-order valence-electron chi connectivity index (χ4n) is 0.782. The number of benzene rings is 1. The van der Waals surface area contributed by atoms with E-state index >= 15 is 0 Å². The molecule has 2 N–H and O–H groups in total. The molecule has 0 spiro atoms. The molecule has 0 aromatic heterocycles. The van der Waals surface area contributed by atoms with Crippen LogP contribution in [0.5, 0.6) is 0 Å². The summed E-state index contributed by atoms with van der Waals surface area (Å²) in [4.78, 5) is 10.0. The maximum absolute atomic E-state index is 10.0. The third kappa shape index (κ3) is 15.3. The molecule has 0 atom stereocenters. The van der Waals surface area contributed by atoms with Crippen molar-refractivity contribution in [3.63, 3.8) is 0 Å². The summed E-state index contributed by atoms with van der Waals surface area (Å²) in [7, 11) is 0. The van der Waals surface area contributed by atoms with Crippen molar-refractivity contribution in [3.8, 4) is 0 Å². The van der Waals surface area contributed by atoms with Gasteiger partial charge in [-0.1, -0.05) is 44.2 Å². The van der Waals surface area contributed by atoms with E-state index in [1.54, 1.807) is 19.1 Å². The first-order chi connectivity index (χ1) is 7.76. The Morgan fingerprint density at radius 2 is 1.56 bits per heavy atom. The molecule has 1 aromatic carbocycles. The van der Waals surface area contributed by atoms with Crippen LogP contribution >= 0.6 is 0 Å². The van der Waals surface area contributed by atoms with Crippen molar-refractivity contribution in [1.82, 2.24) is 5.32 Å². The van der Waals surface area contributed by atoms with Gasteiger partial charge in [-0.2, -0.15) is 0 Å². The van der Waals surface area contributed by atoms with Gasteiger partial charge in [-0.15, -0.1) is 0 Å². The SMILES string of the molecule is CCNCC.CCO.O=Cc1ccccc1. The van der Waals surface area contributed by atoms with Gasteiger partial charge in [0.15, 0.2) is 0 Å². The highest BCUT2D eigenvalue weighted by atomic mass is 16.2. The minimum absolute atomic E-state index is 0.250. The zero-order chi connectivity index (χ0) is 12.6. The summed E-state index contributed by atoms with van der Waals surface area (Å²) < 4.78 is 0. The van der Waals surface area contributed by atoms with Gasteiger partial charge in [0.2, 0.25) is 0 Å². The summed E-state index contributed by atoms with van der Waals surface area (Å²) in [5.74, 6) is 0. The Morgan fingerprint density at radius 3 is 1.75 bits per heavy atom. The zero-order valence-electron chi connectivity index (χ0n) is 10.4. The summed E-state index contributed by atoms with van der Waals surface area (Å²) in [5, 5.41) is 10.7. The molecule has 0 amide bonds. The van der Waals surface area contributed by atoms with Gasteiger partial charge < -0.3 is 10.4 Å². The molecule has 16 heavy (non-hydrogen) atoms. The Kier molecular flexibility index (Phi) is 17.5. The van der Waals surface area contributed by atoms with Gasteiger partial charge >= 0.3 is 0 Å². The highest BCUT2D eigenvalue weighted by Gasteiger charge is 1.79. The van der Waals surface area contributed by atoms with Gasteiger partial charge in [0.1, 0.15) is 6.29 Å². The van der Waals surface area contributed by atoms with E-state index < -0.39 is 0 Å². The molecule has 3 heteroatoms. The fourth-order valence-corrected chi connectivity index (χ4v) is 0.782. The van der Waals surface area contributed by atoms with Crippen LogP contribution in [0.2, 0.25) is 0 Å². The van der Waals surface area contributed by atoms with Crippen LogP contribution in [0.4, 0.5) is 0 Å². The Morgan fingerprint density at radius 1 is 1.12 bits per heavy atom. The van der Waals surface area contributed by atoms with Crippen molar-refractivity contribution >= 4 is 6.29 Å². The minimum atomic E-state index is 0.250. The van der Waals surface area contributed by atoms with E-state index in [0.29, 0.717) is 0 Å². The van der Waals surface area contributed by atoms with E-state index in [1.165, 1.54) is 0 Å². The van der Waals surface area contributed by atoms with Crippen molar-refractivity contribution in [2.75, 3.05) is 19.7 Å². The van der Waals surface area contributed by atoms with E-state index in [2.05, 4.69) is 19.2 Å². The van der Waals surface area contributed by atoms with Crippen LogP contribution in [0.25, 0.3) is 0 Å². The molecule has 0 heterocycles. The van der Waals surface area contributed by atoms with Crippen molar-refractivity contribution in [2.24, 2.45) is 0 Å². The molecule has 0 saturated heterocycles. The Balaban J connectivity index is 0. The van der Waals surface area contributed by atoms with Crippen LogP contribution in [-0.2, 0) is 0 Å². The van der Waals surface area contributed by atoms with Crippen molar-refractivity contribution in [3.05, 3.63) is 35.9 Å². The molecule has 1 rings (SSSR count). The Hall–Kier alpha value is -1.19. The molecule has 92 valence electrons. The minimum Gasteiger partial charge on any atom is -0.397 e. The fraction of sp³-hybridized carbons (Fsp3) is 0.462. The first-order valence-corrected chi connectivity index (χ1v) is 5.58. The molecule has 0 bridgehead atoms. The van der Waals surface area contributed by atoms with E-state index in [0.717, 1.165) is 24.9 Å². The topological polar surface area (TPSA) is 49.3 Å². The molecule has 0 radical (unpaired) electrons. The third-order valence-electron chi connectivity index (χ3n) is 1.44. The van der Waals surface area contributed by atoms with E-state index in [1.807, 2.05) is 18.2 Å². The highest BCUT2D eigenvalue weighted by molar-refractivity contribution is 5.74. The molecule has 0 saturated carbocycles. The molecule has 0 unspecified atom stereocenters. The lowest BCUT2D eigenvalue weighted by Crippen LogP contribution is -2.09. The number of aliphatic hydroxyl groups is 1. The number of rotatable bonds is 3. The van der Waals surface area contributed by atoms with E-state index in [9.17, 15) is 4.79 Å². The van der Waals surface area contributed by atoms with Crippen molar-refractivity contribution < 1.29 is 9.90 Å². The van der Waals surface area contributed by atoms with E-state index in [-0.39, 0.29) is 6.61 Å². The lowest BCUT2D eigenvalue weighted by molar-refractivity contribution is 0.112. The van der Waals surface area contributed by atoms with Gasteiger partial charge in [-0.05, 0) is 20.0 Å². The second-order valence-electron chi connectivity index (χ2n) is 2.80. The van der Waals surface area contributed by atoms with Gasteiger partial charge in [-0.25, -0.2) is 0 Å². The quantitative estimate of drug-likeness (QED) is 0.775. The predicted molar refractivity (Wildman–Crippen MR) is 68.8 cm³/mol. The standard InChI is InChI=1S/C7H6O.C4H11N.C2H6O/c8-6-7-4-2-1-3-5-7;1-3-5-4-2;1-2-3/h1-6H;5H,3-4H2,1-2H3;3H,2H2,1H3. The van der Waals surface area contributed by atoms with Crippen molar-refractivity contribution in [1.29, 1.82) is 0 Å². The van der Waals surface area contributed by atoms with Gasteiger partial charge in [0.25, 0.3) is 0 Å². The zero-order valence-corrected chi connectivity index (χ0v) is 10.4. The Labute approximate surface area is 98.5 Å². The molecule has 0 aliphatic heterocycles. The summed E-state index contributed by atoms with van der Waals surface area (Å²) in [6.45, 7) is 8.32. The predicted octanol–water partition coefficient (Wildman–Crippen LogP) is 2.11. The lowest BCUT2D eigenvalue weighted by atomic mass is 10.2. The number of aliphatic hydroxyl groups excluding tert-OH is 1. The van der Waals surface area contributed by atoms with Crippen LogP contribution in [0.3, 0.4) is 0 Å². The maximum atomic E-state index is 10.0. The first kappa shape index (κ1) is 17.2. The average Bonchev–Trinajstić information content (AvgIpc) is 2.33. The highest BCUT2D eigenvalue weighted by Crippen LogP contribution is 1.91. The maximum Gasteiger partial charge on any atom is 0.150 e. The monoisotopic (exact) mass is 225 g/mol. The number of carbonyl (C=O) groups is 1. The summed E-state index contributed by atoms with van der Waals surface area (Å²) >= 11 is 0. The van der Waals surface area contributed by atoms with Gasteiger partial charge in [0, 0.05) is 12.2 Å². The van der Waals surface area contributed by atoms with Crippen LogP contribution in [0.1, 0.15) is 31.1 Å². The number of hydrogen-bond donors (Lipinski definition) is 2.